The van der Waals surface area contributed by atoms with Crippen LogP contribution in [0.4, 0.5) is 5.13 Å². The fourth-order valence-corrected chi connectivity index (χ4v) is 8.72. The predicted molar refractivity (Wildman–Crippen MR) is 162 cm³/mol. The maximum Gasteiger partial charge on any atom is 0.322 e. The van der Waals surface area contributed by atoms with Crippen molar-refractivity contribution in [1.82, 2.24) is 20.2 Å². The molecule has 0 bridgehead atoms. The number of thiazole rings is 1. The summed E-state index contributed by atoms with van der Waals surface area (Å²) in [5.74, 6) is -1.73. The van der Waals surface area contributed by atoms with Gasteiger partial charge in [-0.15, -0.1) is 34.9 Å². The van der Waals surface area contributed by atoms with Gasteiger partial charge in [0.25, 0.3) is 5.91 Å². The molecular formula is C28H28N6O5S3. The van der Waals surface area contributed by atoms with E-state index < -0.39 is 28.0 Å². The van der Waals surface area contributed by atoms with Crippen LogP contribution in [0.25, 0.3) is 11.3 Å². The number of oxime groups is 1. The third-order valence-corrected chi connectivity index (χ3v) is 11.2. The molecular weight excluding hydrogens is 597 g/mol. The maximum atomic E-state index is 13.3. The molecule has 0 spiro atoms. The van der Waals surface area contributed by atoms with Gasteiger partial charge in [0.05, 0.1) is 5.69 Å². The molecule has 3 aromatic rings. The van der Waals surface area contributed by atoms with E-state index in [4.69, 9.17) is 10.6 Å². The van der Waals surface area contributed by atoms with Gasteiger partial charge in [0, 0.05) is 34.3 Å². The summed E-state index contributed by atoms with van der Waals surface area (Å²) in [5.41, 5.74) is 7.59. The normalized spacial score (nSPS) is 24.1. The van der Waals surface area contributed by atoms with Gasteiger partial charge < -0.3 is 25.9 Å². The van der Waals surface area contributed by atoms with Crippen molar-refractivity contribution < 1.29 is 24.3 Å². The molecule has 2 aromatic heterocycles. The number of thioether (sulfide) groups is 2. The van der Waals surface area contributed by atoms with Crippen molar-refractivity contribution in [3.8, 4) is 11.3 Å². The first-order valence-corrected chi connectivity index (χ1v) is 16.2. The molecule has 1 unspecified atom stereocenters. The van der Waals surface area contributed by atoms with Crippen molar-refractivity contribution in [3.63, 3.8) is 0 Å². The highest BCUT2D eigenvalue weighted by Crippen LogP contribution is 2.47. The number of aromatic nitrogens is 2. The number of β-lactam (4-membered cyclic amide) rings is 1. The van der Waals surface area contributed by atoms with Crippen LogP contribution in [-0.4, -0.2) is 78.0 Å². The van der Waals surface area contributed by atoms with Crippen LogP contribution in [0.15, 0.2) is 64.1 Å². The average Bonchev–Trinajstić information content (AvgIpc) is 3.68. The van der Waals surface area contributed by atoms with Crippen LogP contribution in [-0.2, 0) is 19.2 Å². The molecule has 3 atom stereocenters. The summed E-state index contributed by atoms with van der Waals surface area (Å²) >= 11 is 3.71. The number of carboxylic acid groups (broad SMARTS) is 1. The highest BCUT2D eigenvalue weighted by Gasteiger charge is 2.58. The summed E-state index contributed by atoms with van der Waals surface area (Å²) in [5, 5.41) is 18.8. The smallest absolute Gasteiger partial charge is 0.322 e. The summed E-state index contributed by atoms with van der Waals surface area (Å²) in [4.78, 5) is 55.9. The number of fused-ring (bicyclic) bond motifs is 1. The minimum absolute atomic E-state index is 0.00660. The Morgan fingerprint density at radius 3 is 2.69 bits per heavy atom. The van der Waals surface area contributed by atoms with Crippen molar-refractivity contribution in [2.24, 2.45) is 5.16 Å². The summed E-state index contributed by atoms with van der Waals surface area (Å²) < 4.78 is -1.29. The average molecular weight is 625 g/mol. The first kappa shape index (κ1) is 28.5. The SMILES string of the molecule is Nc1nc(C(=NOC2CCCC2)C(=O)N[C@@H]2C(=O)N3CC(Sc4cccnc4-c4ccccc4)(C(=O)O)CS[C@H]23)cs1. The standard InChI is InChI=1S/C28H28N6O5S3/c29-27-31-18(13-40-27)21(33-39-17-9-4-5-10-17)23(35)32-22-24(36)34-14-28(26(37)38,15-41-25(22)34)42-19-11-6-12-30-20(19)16-7-2-1-3-8-16/h1-3,6-8,11-13,17,22,25H,4-5,9-10,14-15H2,(H2,29,31)(H,32,35)(H,37,38)/t22-,25-,28?/m1/s1. The van der Waals surface area contributed by atoms with Gasteiger partial charge in [0.15, 0.2) is 10.8 Å². The quantitative estimate of drug-likeness (QED) is 0.183. The van der Waals surface area contributed by atoms with E-state index in [1.807, 2.05) is 36.4 Å². The van der Waals surface area contributed by atoms with Crippen LogP contribution >= 0.6 is 34.9 Å². The lowest BCUT2D eigenvalue weighted by Gasteiger charge is -2.53. The van der Waals surface area contributed by atoms with E-state index in [2.05, 4.69) is 20.4 Å². The van der Waals surface area contributed by atoms with Crippen molar-refractivity contribution in [2.75, 3.05) is 18.0 Å². The number of rotatable bonds is 9. The number of carbonyl (C=O) groups excluding carboxylic acids is 2. The second kappa shape index (κ2) is 11.9. The number of aliphatic carboxylic acids is 1. The number of hydrogen-bond acceptors (Lipinski definition) is 11. The molecule has 2 amide bonds. The number of amides is 2. The Bertz CT molecular complexity index is 1530. The van der Waals surface area contributed by atoms with Crippen molar-refractivity contribution in [2.45, 2.75) is 52.8 Å². The second-order valence-corrected chi connectivity index (χ2v) is 13.7. The Kier molecular flexibility index (Phi) is 8.10. The van der Waals surface area contributed by atoms with E-state index in [0.717, 1.165) is 31.2 Å². The number of carboxylic acids is 1. The van der Waals surface area contributed by atoms with Gasteiger partial charge in [-0.1, -0.05) is 35.5 Å². The summed E-state index contributed by atoms with van der Waals surface area (Å²) in [6.07, 6.45) is 5.42. The molecule has 1 saturated carbocycles. The third-order valence-electron chi connectivity index (χ3n) is 7.43. The van der Waals surface area contributed by atoms with E-state index in [1.165, 1.54) is 39.8 Å². The fourth-order valence-electron chi connectivity index (χ4n) is 5.21. The van der Waals surface area contributed by atoms with E-state index in [1.54, 1.807) is 17.6 Å². The van der Waals surface area contributed by atoms with Crippen LogP contribution in [0.3, 0.4) is 0 Å². The second-order valence-electron chi connectivity index (χ2n) is 10.3. The largest absolute Gasteiger partial charge is 0.480 e. The van der Waals surface area contributed by atoms with Gasteiger partial charge in [0.2, 0.25) is 5.91 Å². The number of benzene rings is 1. The van der Waals surface area contributed by atoms with Gasteiger partial charge in [0.1, 0.15) is 28.0 Å². The zero-order valence-corrected chi connectivity index (χ0v) is 24.8. The molecule has 0 radical (unpaired) electrons. The highest BCUT2D eigenvalue weighted by atomic mass is 32.2. The van der Waals surface area contributed by atoms with E-state index in [9.17, 15) is 19.5 Å². The Morgan fingerprint density at radius 2 is 1.98 bits per heavy atom. The molecule has 4 heterocycles. The Hall–Kier alpha value is -3.62. The number of hydrogen-bond donors (Lipinski definition) is 3. The Balaban J connectivity index is 1.17. The van der Waals surface area contributed by atoms with Gasteiger partial charge in [-0.05, 0) is 37.8 Å². The number of nitrogens with zero attached hydrogens (tertiary/aromatic N) is 4. The van der Waals surface area contributed by atoms with Gasteiger partial charge in [-0.3, -0.25) is 19.4 Å². The number of nitrogens with two attached hydrogens (primary N) is 1. The van der Waals surface area contributed by atoms with Crippen LogP contribution < -0.4 is 11.1 Å². The molecule has 2 aliphatic heterocycles. The Labute approximate surface area is 254 Å². The summed E-state index contributed by atoms with van der Waals surface area (Å²) in [6.45, 7) is -0.00660. The van der Waals surface area contributed by atoms with Crippen LogP contribution in [0, 0.1) is 0 Å². The number of nitrogen functional groups attached to an aromatic ring is 1. The minimum atomic E-state index is -1.29. The van der Waals surface area contributed by atoms with Gasteiger partial charge >= 0.3 is 5.97 Å². The molecule has 1 aromatic carbocycles. The molecule has 11 nitrogen and oxygen atoms in total. The number of nitrogens with one attached hydrogen (secondary N) is 1. The van der Waals surface area contributed by atoms with Crippen LogP contribution in [0.1, 0.15) is 31.4 Å². The molecule has 14 heteroatoms. The van der Waals surface area contributed by atoms with Crippen molar-refractivity contribution in [3.05, 3.63) is 59.7 Å². The van der Waals surface area contributed by atoms with E-state index in [0.29, 0.717) is 10.6 Å². The molecule has 4 N–H and O–H groups in total. The molecule has 42 heavy (non-hydrogen) atoms. The van der Waals surface area contributed by atoms with Crippen LogP contribution in [0.2, 0.25) is 0 Å². The molecule has 6 rings (SSSR count). The third kappa shape index (κ3) is 5.57. The number of anilines is 1. The van der Waals surface area contributed by atoms with E-state index in [-0.39, 0.29) is 40.8 Å². The Morgan fingerprint density at radius 1 is 1.19 bits per heavy atom. The van der Waals surface area contributed by atoms with Crippen molar-refractivity contribution >= 4 is 63.5 Å². The molecule has 1 aliphatic carbocycles. The fraction of sp³-hybridized carbons (Fsp3) is 0.357. The van der Waals surface area contributed by atoms with Gasteiger partial charge in [-0.25, -0.2) is 4.98 Å². The van der Waals surface area contributed by atoms with Crippen molar-refractivity contribution in [1.29, 1.82) is 0 Å². The zero-order valence-electron chi connectivity index (χ0n) is 22.3. The highest BCUT2D eigenvalue weighted by molar-refractivity contribution is 8.05. The first-order chi connectivity index (χ1) is 20.3. The first-order valence-electron chi connectivity index (χ1n) is 13.5. The molecule has 2 saturated heterocycles. The predicted octanol–water partition coefficient (Wildman–Crippen LogP) is 3.47. The van der Waals surface area contributed by atoms with E-state index >= 15 is 0 Å². The zero-order chi connectivity index (χ0) is 29.3. The maximum absolute atomic E-state index is 13.3. The molecule has 3 fully saturated rings. The lowest BCUT2D eigenvalue weighted by Crippen LogP contribution is -2.74. The topological polar surface area (TPSA) is 160 Å². The monoisotopic (exact) mass is 624 g/mol. The van der Waals surface area contributed by atoms with Crippen LogP contribution in [0.5, 0.6) is 0 Å². The van der Waals surface area contributed by atoms with Gasteiger partial charge in [-0.2, -0.15) is 0 Å². The minimum Gasteiger partial charge on any atom is -0.480 e. The summed E-state index contributed by atoms with van der Waals surface area (Å²) in [6, 6.07) is 12.4. The molecule has 218 valence electrons. The molecule has 3 aliphatic rings. The lowest BCUT2D eigenvalue weighted by atomic mass is 10.0. The number of carbonyl (C=O) groups is 3. The number of pyridine rings is 1. The lowest BCUT2D eigenvalue weighted by molar-refractivity contribution is -0.151. The summed E-state index contributed by atoms with van der Waals surface area (Å²) in [7, 11) is 0.